The van der Waals surface area contributed by atoms with Crippen LogP contribution >= 0.6 is 15.9 Å². The fourth-order valence-corrected chi connectivity index (χ4v) is 1.08. The predicted octanol–water partition coefficient (Wildman–Crippen LogP) is 2.04. The van der Waals surface area contributed by atoms with Gasteiger partial charge in [-0.05, 0) is 18.9 Å². The Morgan fingerprint density at radius 2 is 2.36 bits per heavy atom. The number of aryl methyl sites for hydroxylation is 1. The highest BCUT2D eigenvalue weighted by molar-refractivity contribution is 9.09. The molecular formula is C9H7BrN2O2. The summed E-state index contributed by atoms with van der Waals surface area (Å²) >= 11 is 3.15. The Morgan fingerprint density at radius 1 is 1.64 bits per heavy atom. The molecule has 0 saturated heterocycles. The van der Waals surface area contributed by atoms with Gasteiger partial charge in [-0.15, -0.1) is 0 Å². The minimum atomic E-state index is -0.454. The van der Waals surface area contributed by atoms with Crippen molar-refractivity contribution in [2.75, 3.05) is 5.33 Å². The molecule has 1 aromatic heterocycles. The Labute approximate surface area is 89.6 Å². The number of nitro groups is 1. The third kappa shape index (κ3) is 2.54. The van der Waals surface area contributed by atoms with Crippen LogP contribution in [-0.4, -0.2) is 15.2 Å². The highest BCUT2D eigenvalue weighted by Gasteiger charge is 2.10. The smallest absolute Gasteiger partial charge is 0.258 e. The summed E-state index contributed by atoms with van der Waals surface area (Å²) in [6.07, 6.45) is 0. The average Bonchev–Trinajstić information content (AvgIpc) is 2.14. The van der Waals surface area contributed by atoms with Gasteiger partial charge in [0.1, 0.15) is 11.4 Å². The molecule has 0 fully saturated rings. The fourth-order valence-electron chi connectivity index (χ4n) is 0.940. The first-order valence-corrected chi connectivity index (χ1v) is 4.94. The zero-order valence-electron chi connectivity index (χ0n) is 7.45. The van der Waals surface area contributed by atoms with Gasteiger partial charge in [0.2, 0.25) is 0 Å². The molecule has 1 aromatic rings. The second-order valence-corrected chi connectivity index (χ2v) is 3.05. The van der Waals surface area contributed by atoms with Crippen molar-refractivity contribution >= 4 is 21.6 Å². The number of hydrogen-bond acceptors (Lipinski definition) is 3. The first-order chi connectivity index (χ1) is 6.65. The van der Waals surface area contributed by atoms with Crippen molar-refractivity contribution in [2.24, 2.45) is 0 Å². The van der Waals surface area contributed by atoms with Crippen molar-refractivity contribution < 1.29 is 4.92 Å². The van der Waals surface area contributed by atoms with Crippen LogP contribution < -0.4 is 0 Å². The van der Waals surface area contributed by atoms with Crippen molar-refractivity contribution in [3.8, 4) is 11.8 Å². The molecule has 0 radical (unpaired) electrons. The molecule has 1 heterocycles. The van der Waals surface area contributed by atoms with E-state index in [9.17, 15) is 10.1 Å². The maximum atomic E-state index is 10.5. The largest absolute Gasteiger partial charge is 0.290 e. The molecule has 0 N–H and O–H groups in total. The van der Waals surface area contributed by atoms with Gasteiger partial charge in [-0.1, -0.05) is 21.9 Å². The van der Waals surface area contributed by atoms with Crippen LogP contribution in [0.4, 0.5) is 5.69 Å². The molecule has 0 atom stereocenters. The summed E-state index contributed by atoms with van der Waals surface area (Å²) < 4.78 is 0. The van der Waals surface area contributed by atoms with Crippen LogP contribution in [-0.2, 0) is 0 Å². The molecular weight excluding hydrogens is 248 g/mol. The molecule has 0 spiro atoms. The first kappa shape index (κ1) is 10.7. The minimum absolute atomic E-state index is 0.0226. The molecule has 0 aliphatic rings. The normalized spacial score (nSPS) is 9.00. The number of pyridine rings is 1. The van der Waals surface area contributed by atoms with E-state index in [1.807, 2.05) is 0 Å². The van der Waals surface area contributed by atoms with Gasteiger partial charge in [-0.3, -0.25) is 10.1 Å². The number of alkyl halides is 1. The molecule has 0 aromatic carbocycles. The van der Waals surface area contributed by atoms with Gasteiger partial charge in [-0.2, -0.15) is 0 Å². The Bertz CT molecular complexity index is 421. The number of rotatable bonds is 1. The number of aromatic nitrogens is 1. The molecule has 0 bridgehead atoms. The highest BCUT2D eigenvalue weighted by Crippen LogP contribution is 2.14. The van der Waals surface area contributed by atoms with Gasteiger partial charge in [0.05, 0.1) is 10.3 Å². The van der Waals surface area contributed by atoms with Crippen LogP contribution in [0.3, 0.4) is 0 Å². The standard InChI is InChI=1S/C9H7BrN2O2/c1-7-9(12(13)14)5-4-8(11-7)3-2-6-10/h4-5H,6H2,1H3. The van der Waals surface area contributed by atoms with E-state index in [1.165, 1.54) is 6.07 Å². The van der Waals surface area contributed by atoms with E-state index < -0.39 is 4.92 Å². The summed E-state index contributed by atoms with van der Waals surface area (Å²) in [5.74, 6) is 5.55. The van der Waals surface area contributed by atoms with Crippen LogP contribution in [0.1, 0.15) is 11.4 Å². The maximum absolute atomic E-state index is 10.5. The van der Waals surface area contributed by atoms with E-state index in [0.717, 1.165) is 0 Å². The molecule has 72 valence electrons. The monoisotopic (exact) mass is 254 g/mol. The minimum Gasteiger partial charge on any atom is -0.258 e. The van der Waals surface area contributed by atoms with Gasteiger partial charge >= 0.3 is 0 Å². The summed E-state index contributed by atoms with van der Waals surface area (Å²) in [7, 11) is 0. The lowest BCUT2D eigenvalue weighted by Crippen LogP contribution is -1.95. The highest BCUT2D eigenvalue weighted by atomic mass is 79.9. The molecule has 0 amide bonds. The van der Waals surface area contributed by atoms with Crippen LogP contribution in [0.25, 0.3) is 0 Å². The fraction of sp³-hybridized carbons (Fsp3) is 0.222. The van der Waals surface area contributed by atoms with Crippen LogP contribution in [0.5, 0.6) is 0 Å². The van der Waals surface area contributed by atoms with Crippen molar-refractivity contribution in [3.63, 3.8) is 0 Å². The third-order valence-electron chi connectivity index (χ3n) is 1.54. The summed E-state index contributed by atoms with van der Waals surface area (Å²) in [4.78, 5) is 14.0. The second kappa shape index (κ2) is 4.72. The van der Waals surface area contributed by atoms with Gasteiger partial charge in [0.15, 0.2) is 0 Å². The molecule has 4 nitrogen and oxygen atoms in total. The van der Waals surface area contributed by atoms with Gasteiger partial charge < -0.3 is 0 Å². The lowest BCUT2D eigenvalue weighted by atomic mass is 10.3. The molecule has 0 aliphatic carbocycles. The molecule has 1 rings (SSSR count). The van der Waals surface area contributed by atoms with Crippen molar-refractivity contribution in [3.05, 3.63) is 33.6 Å². The predicted molar refractivity (Wildman–Crippen MR) is 56.3 cm³/mol. The summed E-state index contributed by atoms with van der Waals surface area (Å²) in [5.41, 5.74) is 0.957. The van der Waals surface area contributed by atoms with Crippen LogP contribution in [0.2, 0.25) is 0 Å². The van der Waals surface area contributed by atoms with E-state index in [4.69, 9.17) is 0 Å². The number of hydrogen-bond donors (Lipinski definition) is 0. The average molecular weight is 255 g/mol. The first-order valence-electron chi connectivity index (χ1n) is 3.82. The van der Waals surface area contributed by atoms with Crippen molar-refractivity contribution in [1.29, 1.82) is 0 Å². The molecule has 0 unspecified atom stereocenters. The lowest BCUT2D eigenvalue weighted by Gasteiger charge is -1.95. The Hall–Kier alpha value is -1.41. The molecule has 0 aliphatic heterocycles. The van der Waals surface area contributed by atoms with Gasteiger partial charge in [-0.25, -0.2) is 4.98 Å². The Balaban J connectivity index is 3.06. The molecule has 14 heavy (non-hydrogen) atoms. The second-order valence-electron chi connectivity index (χ2n) is 2.49. The Morgan fingerprint density at radius 3 is 2.86 bits per heavy atom. The topological polar surface area (TPSA) is 56.0 Å². The third-order valence-corrected chi connectivity index (χ3v) is 1.82. The van der Waals surface area contributed by atoms with E-state index in [1.54, 1.807) is 13.0 Å². The van der Waals surface area contributed by atoms with Crippen LogP contribution in [0.15, 0.2) is 12.1 Å². The van der Waals surface area contributed by atoms with Gasteiger partial charge in [0, 0.05) is 6.07 Å². The summed E-state index contributed by atoms with van der Waals surface area (Å²) in [6.45, 7) is 1.59. The number of halogens is 1. The van der Waals surface area contributed by atoms with E-state index in [-0.39, 0.29) is 5.69 Å². The molecule has 0 saturated carbocycles. The van der Waals surface area contributed by atoms with E-state index in [0.29, 0.717) is 16.7 Å². The summed E-state index contributed by atoms with van der Waals surface area (Å²) in [6, 6.07) is 2.96. The summed E-state index contributed by atoms with van der Waals surface area (Å²) in [5, 5.41) is 11.0. The lowest BCUT2D eigenvalue weighted by molar-refractivity contribution is -0.385. The zero-order valence-corrected chi connectivity index (χ0v) is 9.04. The van der Waals surface area contributed by atoms with Crippen molar-refractivity contribution in [2.45, 2.75) is 6.92 Å². The van der Waals surface area contributed by atoms with E-state index >= 15 is 0 Å². The quantitative estimate of drug-likeness (QED) is 0.334. The van der Waals surface area contributed by atoms with E-state index in [2.05, 4.69) is 32.8 Å². The van der Waals surface area contributed by atoms with Crippen LogP contribution in [0, 0.1) is 28.9 Å². The SMILES string of the molecule is Cc1nc(C#CCBr)ccc1[N+](=O)[O-]. The molecule has 5 heteroatoms. The van der Waals surface area contributed by atoms with Gasteiger partial charge in [0.25, 0.3) is 5.69 Å². The van der Waals surface area contributed by atoms with Crippen molar-refractivity contribution in [1.82, 2.24) is 4.98 Å². The zero-order chi connectivity index (χ0) is 10.6. The Kier molecular flexibility index (Phi) is 3.60. The maximum Gasteiger partial charge on any atom is 0.290 e. The number of nitrogens with zero attached hydrogens (tertiary/aromatic N) is 2.